The Morgan fingerprint density at radius 2 is 2.05 bits per heavy atom. The van der Waals surface area contributed by atoms with Gasteiger partial charge in [-0.25, -0.2) is 0 Å². The van der Waals surface area contributed by atoms with Crippen LogP contribution in [0.2, 0.25) is 9.36 Å². The Balaban J connectivity index is 2.22. The second-order valence-corrected chi connectivity index (χ2v) is 6.50. The minimum absolute atomic E-state index is 0.107. The lowest BCUT2D eigenvalue weighted by atomic mass is 10.1. The molecule has 21 heavy (non-hydrogen) atoms. The lowest BCUT2D eigenvalue weighted by molar-refractivity contribution is -0.384. The average Bonchev–Trinajstić information content (AvgIpc) is 2.83. The Labute approximate surface area is 134 Å². The molecule has 0 saturated carbocycles. The van der Waals surface area contributed by atoms with Crippen molar-refractivity contribution >= 4 is 46.1 Å². The number of rotatable bonds is 4. The van der Waals surface area contributed by atoms with Gasteiger partial charge < -0.3 is 4.90 Å². The highest BCUT2D eigenvalue weighted by Crippen LogP contribution is 2.25. The highest BCUT2D eigenvalue weighted by molar-refractivity contribution is 7.16. The van der Waals surface area contributed by atoms with Crippen LogP contribution in [-0.4, -0.2) is 22.8 Å². The maximum atomic E-state index is 12.3. The SMILES string of the molecule is CN(Cc1ccc(Cl)s1)C(=O)c1cc([N+](=O)[O-])ccc1Cl. The zero-order valence-corrected chi connectivity index (χ0v) is 13.2. The summed E-state index contributed by atoms with van der Waals surface area (Å²) in [5.74, 6) is -0.381. The Hall–Kier alpha value is -1.63. The van der Waals surface area contributed by atoms with E-state index in [0.717, 1.165) is 4.88 Å². The predicted molar refractivity (Wildman–Crippen MR) is 83.2 cm³/mol. The fourth-order valence-corrected chi connectivity index (χ4v) is 3.08. The summed E-state index contributed by atoms with van der Waals surface area (Å²) in [6.45, 7) is 0.356. The van der Waals surface area contributed by atoms with Crippen LogP contribution in [0.3, 0.4) is 0 Å². The van der Waals surface area contributed by atoms with E-state index in [1.54, 1.807) is 13.1 Å². The normalized spacial score (nSPS) is 10.4. The fourth-order valence-electron chi connectivity index (χ4n) is 1.74. The van der Waals surface area contributed by atoms with Gasteiger partial charge in [0.2, 0.25) is 0 Å². The number of nitrogens with zero attached hydrogens (tertiary/aromatic N) is 2. The zero-order valence-electron chi connectivity index (χ0n) is 10.9. The number of halogens is 2. The quantitative estimate of drug-likeness (QED) is 0.615. The Kier molecular flexibility index (Phi) is 4.82. The summed E-state index contributed by atoms with van der Waals surface area (Å²) in [5.41, 5.74) is -0.0636. The van der Waals surface area contributed by atoms with Crippen LogP contribution in [0, 0.1) is 10.1 Å². The van der Waals surface area contributed by atoms with Crippen LogP contribution in [0.25, 0.3) is 0 Å². The molecule has 0 bridgehead atoms. The number of non-ortho nitro benzene ring substituents is 1. The third kappa shape index (κ3) is 3.72. The monoisotopic (exact) mass is 344 g/mol. The van der Waals surface area contributed by atoms with E-state index in [0.29, 0.717) is 10.9 Å². The molecule has 0 fully saturated rings. The molecule has 0 spiro atoms. The molecule has 1 heterocycles. The first kappa shape index (κ1) is 15.8. The van der Waals surface area contributed by atoms with Crippen molar-refractivity contribution < 1.29 is 9.72 Å². The van der Waals surface area contributed by atoms with Crippen molar-refractivity contribution in [2.75, 3.05) is 7.05 Å². The third-order valence-electron chi connectivity index (χ3n) is 2.76. The Morgan fingerprint density at radius 1 is 1.33 bits per heavy atom. The number of amides is 1. The smallest absolute Gasteiger partial charge is 0.270 e. The molecule has 1 amide bonds. The number of thiophene rings is 1. The summed E-state index contributed by atoms with van der Waals surface area (Å²) in [5, 5.41) is 11.0. The van der Waals surface area contributed by atoms with Crippen molar-refractivity contribution in [1.29, 1.82) is 0 Å². The van der Waals surface area contributed by atoms with Crippen molar-refractivity contribution in [1.82, 2.24) is 4.90 Å². The minimum atomic E-state index is -0.563. The molecule has 1 aromatic heterocycles. The van der Waals surface area contributed by atoms with Gasteiger partial charge in [-0.3, -0.25) is 14.9 Å². The Morgan fingerprint density at radius 3 is 2.62 bits per heavy atom. The van der Waals surface area contributed by atoms with Gasteiger partial charge in [-0.15, -0.1) is 11.3 Å². The summed E-state index contributed by atoms with van der Waals surface area (Å²) < 4.78 is 0.638. The van der Waals surface area contributed by atoms with Crippen LogP contribution in [0.5, 0.6) is 0 Å². The van der Waals surface area contributed by atoms with Gasteiger partial charge in [-0.2, -0.15) is 0 Å². The molecule has 1 aromatic carbocycles. The maximum Gasteiger partial charge on any atom is 0.270 e. The van der Waals surface area contributed by atoms with Crippen LogP contribution in [0.15, 0.2) is 30.3 Å². The number of nitro benzene ring substituents is 1. The van der Waals surface area contributed by atoms with Crippen LogP contribution in [0.4, 0.5) is 5.69 Å². The molecule has 0 unspecified atom stereocenters. The van der Waals surface area contributed by atoms with E-state index >= 15 is 0 Å². The molecule has 0 radical (unpaired) electrons. The molecule has 0 aliphatic carbocycles. The lowest BCUT2D eigenvalue weighted by Crippen LogP contribution is -2.26. The standard InChI is InChI=1S/C13H10Cl2N2O3S/c1-16(7-9-3-5-12(15)21-9)13(18)10-6-8(17(19)20)2-4-11(10)14/h2-6H,7H2,1H3. The molecule has 2 rings (SSSR count). The van der Waals surface area contributed by atoms with Crippen molar-refractivity contribution in [2.45, 2.75) is 6.54 Å². The number of carbonyl (C=O) groups excluding carboxylic acids is 1. The second kappa shape index (κ2) is 6.43. The van der Waals surface area contributed by atoms with Crippen LogP contribution in [0.1, 0.15) is 15.2 Å². The lowest BCUT2D eigenvalue weighted by Gasteiger charge is -2.16. The zero-order chi connectivity index (χ0) is 15.6. The van der Waals surface area contributed by atoms with E-state index in [-0.39, 0.29) is 22.2 Å². The van der Waals surface area contributed by atoms with Gasteiger partial charge in [0.25, 0.3) is 11.6 Å². The van der Waals surface area contributed by atoms with Crippen LogP contribution < -0.4 is 0 Å². The van der Waals surface area contributed by atoms with E-state index in [9.17, 15) is 14.9 Å². The second-order valence-electron chi connectivity index (χ2n) is 4.29. The van der Waals surface area contributed by atoms with Crippen LogP contribution >= 0.6 is 34.5 Å². The van der Waals surface area contributed by atoms with Gasteiger partial charge in [0.05, 0.1) is 26.4 Å². The maximum absolute atomic E-state index is 12.3. The van der Waals surface area contributed by atoms with Crippen molar-refractivity contribution in [3.05, 3.63) is 60.2 Å². The van der Waals surface area contributed by atoms with Crippen molar-refractivity contribution in [3.8, 4) is 0 Å². The molecule has 5 nitrogen and oxygen atoms in total. The van der Waals surface area contributed by atoms with Crippen molar-refractivity contribution in [3.63, 3.8) is 0 Å². The van der Waals surface area contributed by atoms with E-state index in [2.05, 4.69) is 0 Å². The summed E-state index contributed by atoms with van der Waals surface area (Å²) in [6.07, 6.45) is 0. The number of carbonyl (C=O) groups is 1. The molecule has 0 aliphatic rings. The number of hydrogen-bond acceptors (Lipinski definition) is 4. The van der Waals surface area contributed by atoms with E-state index in [1.165, 1.54) is 34.4 Å². The van der Waals surface area contributed by atoms with E-state index in [4.69, 9.17) is 23.2 Å². The predicted octanol–water partition coefficient (Wildman–Crippen LogP) is 4.24. The number of hydrogen-bond donors (Lipinski definition) is 0. The summed E-state index contributed by atoms with van der Waals surface area (Å²) >= 11 is 13.2. The molecule has 0 saturated heterocycles. The number of benzene rings is 1. The molecule has 8 heteroatoms. The topological polar surface area (TPSA) is 63.5 Å². The summed E-state index contributed by atoms with van der Waals surface area (Å²) in [7, 11) is 1.60. The Bertz CT molecular complexity index is 702. The molecule has 2 aromatic rings. The fraction of sp³-hybridized carbons (Fsp3) is 0.154. The molecular weight excluding hydrogens is 335 g/mol. The van der Waals surface area contributed by atoms with E-state index < -0.39 is 4.92 Å². The molecule has 0 aliphatic heterocycles. The summed E-state index contributed by atoms with van der Waals surface area (Å²) in [4.78, 5) is 24.9. The van der Waals surface area contributed by atoms with Crippen LogP contribution in [-0.2, 0) is 6.54 Å². The van der Waals surface area contributed by atoms with Gasteiger partial charge in [0.1, 0.15) is 0 Å². The van der Waals surface area contributed by atoms with Gasteiger partial charge in [0.15, 0.2) is 0 Å². The van der Waals surface area contributed by atoms with Gasteiger partial charge in [-0.1, -0.05) is 23.2 Å². The highest BCUT2D eigenvalue weighted by atomic mass is 35.5. The van der Waals surface area contributed by atoms with Gasteiger partial charge in [0, 0.05) is 24.1 Å². The first-order chi connectivity index (χ1) is 9.88. The molecular formula is C13H10Cl2N2O3S. The largest absolute Gasteiger partial charge is 0.337 e. The first-order valence-corrected chi connectivity index (χ1v) is 7.39. The average molecular weight is 345 g/mol. The molecule has 0 N–H and O–H groups in total. The summed E-state index contributed by atoms with van der Waals surface area (Å²) in [6, 6.07) is 7.37. The molecule has 110 valence electrons. The minimum Gasteiger partial charge on any atom is -0.337 e. The van der Waals surface area contributed by atoms with Gasteiger partial charge in [-0.05, 0) is 18.2 Å². The first-order valence-electron chi connectivity index (χ1n) is 5.82. The van der Waals surface area contributed by atoms with E-state index in [1.807, 2.05) is 6.07 Å². The number of nitro groups is 1. The third-order valence-corrected chi connectivity index (χ3v) is 4.31. The highest BCUT2D eigenvalue weighted by Gasteiger charge is 2.19. The van der Waals surface area contributed by atoms with Crippen molar-refractivity contribution in [2.24, 2.45) is 0 Å². The van der Waals surface area contributed by atoms with Gasteiger partial charge >= 0.3 is 0 Å². The molecule has 0 atom stereocenters.